The average Bonchev–Trinajstić information content (AvgIpc) is 2.36. The maximum atomic E-state index is 12.7. The van der Waals surface area contributed by atoms with Crippen molar-refractivity contribution in [3.63, 3.8) is 0 Å². The van der Waals surface area contributed by atoms with Gasteiger partial charge in [-0.1, -0.05) is 0 Å². The van der Waals surface area contributed by atoms with E-state index in [-0.39, 0.29) is 17.7 Å². The fraction of sp³-hybridized carbons (Fsp3) is 0.500. The molecular formula is C12H15F3O3S. The Kier molecular flexibility index (Phi) is 5.51. The lowest BCUT2D eigenvalue weighted by atomic mass is 10.00. The second-order valence-electron chi connectivity index (χ2n) is 4.02. The van der Waals surface area contributed by atoms with Crippen molar-refractivity contribution < 1.29 is 28.1 Å². The Morgan fingerprint density at radius 2 is 1.89 bits per heavy atom. The zero-order valence-corrected chi connectivity index (χ0v) is 11.1. The third kappa shape index (κ3) is 4.29. The van der Waals surface area contributed by atoms with Gasteiger partial charge in [0.1, 0.15) is 11.9 Å². The minimum atomic E-state index is -4.54. The average molecular weight is 296 g/mol. The summed E-state index contributed by atoms with van der Waals surface area (Å²) < 4.78 is 42.8. The van der Waals surface area contributed by atoms with Gasteiger partial charge in [0, 0.05) is 0 Å². The fourth-order valence-corrected chi connectivity index (χ4v) is 1.85. The number of ether oxygens (including phenoxy) is 1. The Morgan fingerprint density at radius 3 is 2.37 bits per heavy atom. The zero-order chi connectivity index (χ0) is 14.6. The van der Waals surface area contributed by atoms with Gasteiger partial charge in [0.15, 0.2) is 0 Å². The zero-order valence-electron chi connectivity index (χ0n) is 10.2. The van der Waals surface area contributed by atoms with Gasteiger partial charge in [-0.15, -0.1) is 0 Å². The fourth-order valence-electron chi connectivity index (χ4n) is 1.59. The maximum Gasteiger partial charge on any atom is 0.416 e. The number of aliphatic hydroxyl groups excluding tert-OH is 2. The van der Waals surface area contributed by atoms with Crippen LogP contribution >= 0.6 is 12.6 Å². The summed E-state index contributed by atoms with van der Waals surface area (Å²) in [6.07, 6.45) is -6.96. The lowest BCUT2D eigenvalue weighted by molar-refractivity contribution is -0.137. The van der Waals surface area contributed by atoms with Crippen molar-refractivity contribution in [3.05, 3.63) is 29.3 Å². The topological polar surface area (TPSA) is 49.7 Å². The first-order chi connectivity index (χ1) is 8.79. The van der Waals surface area contributed by atoms with Gasteiger partial charge < -0.3 is 14.9 Å². The first-order valence-electron chi connectivity index (χ1n) is 5.52. The number of thiol groups is 1. The van der Waals surface area contributed by atoms with Gasteiger partial charge in [-0.05, 0) is 35.9 Å². The number of alkyl halides is 3. The van der Waals surface area contributed by atoms with E-state index in [2.05, 4.69) is 12.6 Å². The van der Waals surface area contributed by atoms with Crippen LogP contribution in [0.1, 0.15) is 23.7 Å². The second kappa shape index (κ2) is 6.49. The largest absolute Gasteiger partial charge is 0.497 e. The Labute approximate surface area is 114 Å². The summed E-state index contributed by atoms with van der Waals surface area (Å²) in [4.78, 5) is 0. The molecular weight excluding hydrogens is 281 g/mol. The van der Waals surface area contributed by atoms with E-state index >= 15 is 0 Å². The highest BCUT2D eigenvalue weighted by atomic mass is 32.1. The van der Waals surface area contributed by atoms with Crippen molar-refractivity contribution >= 4 is 12.6 Å². The van der Waals surface area contributed by atoms with Crippen molar-refractivity contribution in [1.82, 2.24) is 0 Å². The summed E-state index contributed by atoms with van der Waals surface area (Å²) in [7, 11) is 1.23. The lowest BCUT2D eigenvalue weighted by Gasteiger charge is -2.19. The second-order valence-corrected chi connectivity index (χ2v) is 4.46. The molecule has 0 saturated carbocycles. The Balaban J connectivity index is 3.13. The van der Waals surface area contributed by atoms with E-state index in [0.717, 1.165) is 12.1 Å². The molecule has 2 N–H and O–H groups in total. The van der Waals surface area contributed by atoms with Crippen molar-refractivity contribution in [2.75, 3.05) is 12.9 Å². The number of rotatable bonds is 5. The third-order valence-electron chi connectivity index (χ3n) is 2.62. The monoisotopic (exact) mass is 296 g/mol. The van der Waals surface area contributed by atoms with E-state index in [1.165, 1.54) is 13.2 Å². The van der Waals surface area contributed by atoms with E-state index in [1.807, 2.05) is 0 Å². The van der Waals surface area contributed by atoms with E-state index in [9.17, 15) is 23.4 Å². The van der Waals surface area contributed by atoms with Crippen LogP contribution in [0.5, 0.6) is 5.75 Å². The first kappa shape index (κ1) is 16.1. The molecule has 0 aliphatic rings. The van der Waals surface area contributed by atoms with Crippen LogP contribution in [0.4, 0.5) is 13.2 Å². The number of benzene rings is 1. The SMILES string of the molecule is COc1cc(C(O)C(O)CCS)cc(C(F)(F)F)c1. The van der Waals surface area contributed by atoms with Gasteiger partial charge in [-0.3, -0.25) is 0 Å². The van der Waals surface area contributed by atoms with E-state index < -0.39 is 23.9 Å². The summed E-state index contributed by atoms with van der Waals surface area (Å²) >= 11 is 3.90. The quantitative estimate of drug-likeness (QED) is 0.731. The molecule has 0 amide bonds. The van der Waals surface area contributed by atoms with Gasteiger partial charge in [-0.2, -0.15) is 25.8 Å². The highest BCUT2D eigenvalue weighted by Gasteiger charge is 2.32. The van der Waals surface area contributed by atoms with Crippen LogP contribution in [-0.4, -0.2) is 29.2 Å². The van der Waals surface area contributed by atoms with Crippen molar-refractivity contribution in [2.24, 2.45) is 0 Å². The number of aliphatic hydroxyl groups is 2. The Morgan fingerprint density at radius 1 is 1.26 bits per heavy atom. The molecule has 7 heteroatoms. The Bertz CT molecular complexity index is 423. The highest BCUT2D eigenvalue weighted by molar-refractivity contribution is 7.80. The molecule has 0 aromatic heterocycles. The number of methoxy groups -OCH3 is 1. The molecule has 0 radical (unpaired) electrons. The highest BCUT2D eigenvalue weighted by Crippen LogP contribution is 2.34. The number of halogens is 3. The molecule has 0 saturated heterocycles. The van der Waals surface area contributed by atoms with E-state index in [1.54, 1.807) is 0 Å². The van der Waals surface area contributed by atoms with Crippen LogP contribution in [-0.2, 0) is 6.18 Å². The van der Waals surface area contributed by atoms with Gasteiger partial charge in [0.05, 0.1) is 18.8 Å². The van der Waals surface area contributed by atoms with Crippen molar-refractivity contribution in [2.45, 2.75) is 24.8 Å². The van der Waals surface area contributed by atoms with Crippen LogP contribution in [0.25, 0.3) is 0 Å². The minimum absolute atomic E-state index is 0.0260. The molecule has 2 unspecified atom stereocenters. The van der Waals surface area contributed by atoms with Crippen LogP contribution < -0.4 is 4.74 Å². The maximum absolute atomic E-state index is 12.7. The summed E-state index contributed by atoms with van der Waals surface area (Å²) in [5, 5.41) is 19.4. The predicted molar refractivity (Wildman–Crippen MR) is 67.4 cm³/mol. The van der Waals surface area contributed by atoms with Crippen LogP contribution in [0.2, 0.25) is 0 Å². The molecule has 0 aliphatic heterocycles. The smallest absolute Gasteiger partial charge is 0.416 e. The van der Waals surface area contributed by atoms with Gasteiger partial charge in [-0.25, -0.2) is 0 Å². The summed E-state index contributed by atoms with van der Waals surface area (Å²) in [6, 6.07) is 2.90. The van der Waals surface area contributed by atoms with E-state index in [4.69, 9.17) is 4.74 Å². The van der Waals surface area contributed by atoms with Crippen LogP contribution in [0.15, 0.2) is 18.2 Å². The molecule has 1 aromatic rings. The standard InChI is InChI=1S/C12H15F3O3S/c1-18-9-5-7(11(17)10(16)2-3-19)4-8(6-9)12(13,14)15/h4-6,10-11,16-17,19H,2-3H2,1H3. The molecule has 2 atom stereocenters. The molecule has 0 heterocycles. The molecule has 108 valence electrons. The molecule has 0 spiro atoms. The van der Waals surface area contributed by atoms with Crippen molar-refractivity contribution in [3.8, 4) is 5.75 Å². The summed E-state index contributed by atoms with van der Waals surface area (Å²) in [5.74, 6) is 0.288. The van der Waals surface area contributed by atoms with Crippen LogP contribution in [0, 0.1) is 0 Å². The normalized spacial score (nSPS) is 15.1. The first-order valence-corrected chi connectivity index (χ1v) is 6.16. The molecule has 1 rings (SSSR count). The molecule has 3 nitrogen and oxygen atoms in total. The third-order valence-corrected chi connectivity index (χ3v) is 2.88. The van der Waals surface area contributed by atoms with Gasteiger partial charge >= 0.3 is 6.18 Å². The van der Waals surface area contributed by atoms with Crippen molar-refractivity contribution in [1.29, 1.82) is 0 Å². The molecule has 0 aliphatic carbocycles. The summed E-state index contributed by atoms with van der Waals surface area (Å²) in [6.45, 7) is 0. The van der Waals surface area contributed by atoms with Crippen LogP contribution in [0.3, 0.4) is 0 Å². The number of hydrogen-bond donors (Lipinski definition) is 3. The number of hydrogen-bond acceptors (Lipinski definition) is 4. The molecule has 19 heavy (non-hydrogen) atoms. The molecule has 0 bridgehead atoms. The lowest BCUT2D eigenvalue weighted by Crippen LogP contribution is -2.19. The van der Waals surface area contributed by atoms with E-state index in [0.29, 0.717) is 5.75 Å². The minimum Gasteiger partial charge on any atom is -0.497 e. The van der Waals surface area contributed by atoms with Gasteiger partial charge in [0.25, 0.3) is 0 Å². The Hall–Kier alpha value is -0.920. The predicted octanol–water partition coefficient (Wildman–Crippen LogP) is 2.43. The molecule has 0 fully saturated rings. The van der Waals surface area contributed by atoms with Gasteiger partial charge in [0.2, 0.25) is 0 Å². The summed E-state index contributed by atoms with van der Waals surface area (Å²) in [5.41, 5.74) is -0.972. The molecule has 1 aromatic carbocycles.